The van der Waals surface area contributed by atoms with Crippen LogP contribution in [-0.2, 0) is 0 Å². The summed E-state index contributed by atoms with van der Waals surface area (Å²) in [4.78, 5) is 24.2. The molecule has 0 unspecified atom stereocenters. The van der Waals surface area contributed by atoms with Crippen LogP contribution in [-0.4, -0.2) is 40.3 Å². The number of nitro benzene ring substituents is 1. The van der Waals surface area contributed by atoms with Crippen molar-refractivity contribution in [3.63, 3.8) is 0 Å². The second kappa shape index (κ2) is 6.25. The molecular weight excluding hydrogens is 288 g/mol. The zero-order valence-corrected chi connectivity index (χ0v) is 11.7. The van der Waals surface area contributed by atoms with E-state index in [2.05, 4.69) is 0 Å². The number of nitro groups is 1. The van der Waals surface area contributed by atoms with Gasteiger partial charge in [0, 0.05) is 30.5 Å². The van der Waals surface area contributed by atoms with Gasteiger partial charge in [-0.05, 0) is 24.3 Å². The molecule has 0 radical (unpaired) electrons. The van der Waals surface area contributed by atoms with E-state index in [4.69, 9.17) is 11.6 Å². The first-order chi connectivity index (χ1) is 9.09. The molecule has 1 aliphatic heterocycles. The Labute approximate surface area is 120 Å². The molecule has 0 aliphatic carbocycles. The van der Waals surface area contributed by atoms with Gasteiger partial charge in [-0.15, -0.1) is 0 Å². The standard InChI is InChI=1S/C12H13ClN2O3S/c13-10-8-9(2-3-11(10)15(17)18)12(16)14-4-1-6-19-7-5-14/h2-3,8H,1,4-7H2. The maximum Gasteiger partial charge on any atom is 0.287 e. The lowest BCUT2D eigenvalue weighted by Crippen LogP contribution is -2.32. The molecule has 1 aromatic carbocycles. The van der Waals surface area contributed by atoms with Gasteiger partial charge < -0.3 is 4.90 Å². The zero-order chi connectivity index (χ0) is 13.8. The van der Waals surface area contributed by atoms with Crippen LogP contribution in [0.4, 0.5) is 5.69 Å². The Balaban J connectivity index is 2.19. The molecule has 0 aromatic heterocycles. The molecule has 5 nitrogen and oxygen atoms in total. The molecule has 19 heavy (non-hydrogen) atoms. The molecule has 1 fully saturated rings. The van der Waals surface area contributed by atoms with Gasteiger partial charge in [0.25, 0.3) is 11.6 Å². The Morgan fingerprint density at radius 1 is 1.37 bits per heavy atom. The molecule has 1 aliphatic rings. The minimum absolute atomic E-state index is 0.0000435. The largest absolute Gasteiger partial charge is 0.338 e. The Kier molecular flexibility index (Phi) is 4.66. The van der Waals surface area contributed by atoms with E-state index in [9.17, 15) is 14.9 Å². The molecule has 0 spiro atoms. The Morgan fingerprint density at radius 3 is 2.84 bits per heavy atom. The summed E-state index contributed by atoms with van der Waals surface area (Å²) in [5, 5.41) is 10.7. The van der Waals surface area contributed by atoms with Crippen molar-refractivity contribution in [1.29, 1.82) is 0 Å². The predicted octanol–water partition coefficient (Wildman–Crippen LogP) is 2.83. The first-order valence-electron chi connectivity index (χ1n) is 5.90. The predicted molar refractivity (Wildman–Crippen MR) is 76.0 cm³/mol. The third kappa shape index (κ3) is 3.39. The fraction of sp³-hybridized carbons (Fsp3) is 0.417. The van der Waals surface area contributed by atoms with Crippen molar-refractivity contribution in [3.8, 4) is 0 Å². The van der Waals surface area contributed by atoms with Crippen molar-refractivity contribution >= 4 is 35.0 Å². The highest BCUT2D eigenvalue weighted by molar-refractivity contribution is 7.99. The number of hydrogen-bond acceptors (Lipinski definition) is 4. The van der Waals surface area contributed by atoms with Gasteiger partial charge in [0.2, 0.25) is 0 Å². The number of rotatable bonds is 2. The van der Waals surface area contributed by atoms with Crippen LogP contribution in [0.2, 0.25) is 5.02 Å². The average molecular weight is 301 g/mol. The van der Waals surface area contributed by atoms with Crippen molar-refractivity contribution in [2.75, 3.05) is 24.6 Å². The van der Waals surface area contributed by atoms with Crippen molar-refractivity contribution in [2.24, 2.45) is 0 Å². The third-order valence-electron chi connectivity index (χ3n) is 2.90. The first-order valence-corrected chi connectivity index (χ1v) is 7.44. The smallest absolute Gasteiger partial charge is 0.287 e. The molecular formula is C12H13ClN2O3S. The minimum Gasteiger partial charge on any atom is -0.338 e. The van der Waals surface area contributed by atoms with Gasteiger partial charge in [-0.2, -0.15) is 11.8 Å². The van der Waals surface area contributed by atoms with E-state index in [-0.39, 0.29) is 16.6 Å². The molecule has 0 atom stereocenters. The third-order valence-corrected chi connectivity index (χ3v) is 4.25. The fourth-order valence-electron chi connectivity index (χ4n) is 1.92. The van der Waals surface area contributed by atoms with Crippen LogP contribution in [0.25, 0.3) is 0 Å². The fourth-order valence-corrected chi connectivity index (χ4v) is 3.06. The second-order valence-electron chi connectivity index (χ2n) is 4.18. The molecule has 0 bridgehead atoms. The van der Waals surface area contributed by atoms with Gasteiger partial charge in [0.15, 0.2) is 0 Å². The second-order valence-corrected chi connectivity index (χ2v) is 5.81. The molecule has 0 N–H and O–H groups in total. The first kappa shape index (κ1) is 14.1. The number of carbonyl (C=O) groups excluding carboxylic acids is 1. The van der Waals surface area contributed by atoms with Crippen molar-refractivity contribution in [1.82, 2.24) is 4.90 Å². The summed E-state index contributed by atoms with van der Waals surface area (Å²) in [6, 6.07) is 4.12. The van der Waals surface area contributed by atoms with Gasteiger partial charge in [-0.1, -0.05) is 11.6 Å². The lowest BCUT2D eigenvalue weighted by atomic mass is 10.1. The van der Waals surface area contributed by atoms with Crippen LogP contribution in [0.1, 0.15) is 16.8 Å². The van der Waals surface area contributed by atoms with E-state index in [0.29, 0.717) is 12.1 Å². The molecule has 102 valence electrons. The van der Waals surface area contributed by atoms with Crippen LogP contribution in [0.3, 0.4) is 0 Å². The summed E-state index contributed by atoms with van der Waals surface area (Å²) in [5.41, 5.74) is 0.229. The van der Waals surface area contributed by atoms with Crippen molar-refractivity contribution in [2.45, 2.75) is 6.42 Å². The highest BCUT2D eigenvalue weighted by atomic mass is 35.5. The van der Waals surface area contributed by atoms with E-state index < -0.39 is 4.92 Å². The quantitative estimate of drug-likeness (QED) is 0.622. The lowest BCUT2D eigenvalue weighted by molar-refractivity contribution is -0.384. The Hall–Kier alpha value is -1.27. The molecule has 1 heterocycles. The maximum absolute atomic E-state index is 12.3. The molecule has 1 amide bonds. The number of thioether (sulfide) groups is 1. The summed E-state index contributed by atoms with van der Waals surface area (Å²) >= 11 is 7.66. The number of carbonyl (C=O) groups is 1. The molecule has 1 aromatic rings. The monoisotopic (exact) mass is 300 g/mol. The molecule has 7 heteroatoms. The summed E-state index contributed by atoms with van der Waals surface area (Å²) in [6.07, 6.45) is 0.969. The number of benzene rings is 1. The number of nitrogens with zero attached hydrogens (tertiary/aromatic N) is 2. The van der Waals surface area contributed by atoms with Crippen LogP contribution in [0.5, 0.6) is 0 Å². The SMILES string of the molecule is O=C(c1ccc([N+](=O)[O-])c(Cl)c1)N1CCCSCC1. The molecule has 0 saturated carbocycles. The van der Waals surface area contributed by atoms with E-state index >= 15 is 0 Å². The Morgan fingerprint density at radius 2 is 2.16 bits per heavy atom. The summed E-state index contributed by atoms with van der Waals surface area (Å²) in [6.45, 7) is 1.43. The van der Waals surface area contributed by atoms with Crippen LogP contribution >= 0.6 is 23.4 Å². The normalized spacial score (nSPS) is 15.9. The lowest BCUT2D eigenvalue weighted by Gasteiger charge is -2.19. The van der Waals surface area contributed by atoms with Crippen LogP contribution in [0.15, 0.2) is 18.2 Å². The van der Waals surface area contributed by atoms with Crippen molar-refractivity contribution < 1.29 is 9.72 Å². The van der Waals surface area contributed by atoms with E-state index in [1.165, 1.54) is 18.2 Å². The summed E-state index contributed by atoms with van der Waals surface area (Å²) < 4.78 is 0. The minimum atomic E-state index is -0.556. The average Bonchev–Trinajstić information content (AvgIpc) is 2.66. The highest BCUT2D eigenvalue weighted by Gasteiger charge is 2.20. The van der Waals surface area contributed by atoms with Gasteiger partial charge in [0.1, 0.15) is 5.02 Å². The van der Waals surface area contributed by atoms with E-state index in [1.54, 1.807) is 4.90 Å². The van der Waals surface area contributed by atoms with Crippen LogP contribution in [0, 0.1) is 10.1 Å². The van der Waals surface area contributed by atoms with E-state index in [1.807, 2.05) is 11.8 Å². The van der Waals surface area contributed by atoms with Crippen molar-refractivity contribution in [3.05, 3.63) is 38.9 Å². The van der Waals surface area contributed by atoms with Crippen LogP contribution < -0.4 is 0 Å². The van der Waals surface area contributed by atoms with Gasteiger partial charge in [-0.3, -0.25) is 14.9 Å². The molecule has 2 rings (SSSR count). The van der Waals surface area contributed by atoms with Gasteiger partial charge in [-0.25, -0.2) is 0 Å². The topological polar surface area (TPSA) is 63.4 Å². The zero-order valence-electron chi connectivity index (χ0n) is 10.2. The van der Waals surface area contributed by atoms with Gasteiger partial charge in [0.05, 0.1) is 4.92 Å². The van der Waals surface area contributed by atoms with E-state index in [0.717, 1.165) is 24.5 Å². The Bertz CT molecular complexity index is 502. The summed E-state index contributed by atoms with van der Waals surface area (Å²) in [7, 11) is 0. The molecule has 1 saturated heterocycles. The summed E-state index contributed by atoms with van der Waals surface area (Å²) in [5.74, 6) is 1.87. The highest BCUT2D eigenvalue weighted by Crippen LogP contribution is 2.25. The number of amides is 1. The number of halogens is 1. The van der Waals surface area contributed by atoms with Gasteiger partial charge >= 0.3 is 0 Å². The maximum atomic E-state index is 12.3. The number of hydrogen-bond donors (Lipinski definition) is 0.